The molecule has 1 fully saturated rings. The Balaban J connectivity index is 1.85. The molecule has 5 nitrogen and oxygen atoms in total. The lowest BCUT2D eigenvalue weighted by Gasteiger charge is -2.20. The van der Waals surface area contributed by atoms with Crippen LogP contribution in [0.15, 0.2) is 30.3 Å². The van der Waals surface area contributed by atoms with Crippen molar-refractivity contribution in [1.29, 1.82) is 0 Å². The van der Waals surface area contributed by atoms with E-state index in [2.05, 4.69) is 0 Å². The maximum Gasteiger partial charge on any atom is 0.323 e. The smallest absolute Gasteiger partial charge is 0.323 e. The first kappa shape index (κ1) is 13.4. The highest BCUT2D eigenvalue weighted by Crippen LogP contribution is 2.29. The summed E-state index contributed by atoms with van der Waals surface area (Å²) < 4.78 is 5.35. The van der Waals surface area contributed by atoms with Crippen molar-refractivity contribution in [3.05, 3.63) is 30.3 Å². The highest BCUT2D eigenvalue weighted by Gasteiger charge is 2.28. The summed E-state index contributed by atoms with van der Waals surface area (Å²) in [5.41, 5.74) is 0. The van der Waals surface area contributed by atoms with Gasteiger partial charge in [-0.2, -0.15) is 0 Å². The molecule has 0 aromatic heterocycles. The molecule has 0 unspecified atom stereocenters. The maximum atomic E-state index is 12.0. The summed E-state index contributed by atoms with van der Waals surface area (Å²) in [6, 6.07) is 9.02. The zero-order valence-corrected chi connectivity index (χ0v) is 10.6. The van der Waals surface area contributed by atoms with Gasteiger partial charge < -0.3 is 14.7 Å². The zero-order valence-electron chi connectivity index (χ0n) is 10.6. The van der Waals surface area contributed by atoms with Crippen molar-refractivity contribution in [2.24, 2.45) is 5.92 Å². The van der Waals surface area contributed by atoms with Gasteiger partial charge >= 0.3 is 5.97 Å². The molecule has 1 aliphatic rings. The molecular formula is C14H17NO4. The molecule has 1 N–H and O–H groups in total. The molecule has 2 rings (SSSR count). The number of ether oxygens (including phenoxy) is 1. The standard InChI is InChI=1S/C14H17NO4/c16-13(10-19-12-4-2-1-3-5-12)15(9-14(17)18)8-11-6-7-11/h1-5,11H,6-10H2,(H,17,18). The number of aliphatic carboxylic acids is 1. The van der Waals surface area contributed by atoms with E-state index in [1.165, 1.54) is 4.90 Å². The Kier molecular flexibility index (Phi) is 4.39. The summed E-state index contributed by atoms with van der Waals surface area (Å²) in [4.78, 5) is 24.1. The number of carbonyl (C=O) groups excluding carboxylic acids is 1. The number of hydrogen-bond donors (Lipinski definition) is 1. The number of carbonyl (C=O) groups is 2. The quantitative estimate of drug-likeness (QED) is 0.807. The van der Waals surface area contributed by atoms with E-state index in [1.807, 2.05) is 18.2 Å². The van der Waals surface area contributed by atoms with E-state index in [9.17, 15) is 9.59 Å². The molecule has 19 heavy (non-hydrogen) atoms. The third kappa shape index (κ3) is 4.62. The van der Waals surface area contributed by atoms with Gasteiger partial charge in [-0.25, -0.2) is 0 Å². The van der Waals surface area contributed by atoms with Crippen LogP contribution in [0.1, 0.15) is 12.8 Å². The molecule has 1 saturated carbocycles. The van der Waals surface area contributed by atoms with Gasteiger partial charge in [-0.15, -0.1) is 0 Å². The lowest BCUT2D eigenvalue weighted by molar-refractivity contribution is -0.145. The van der Waals surface area contributed by atoms with Gasteiger partial charge in [0.2, 0.25) is 0 Å². The molecule has 0 bridgehead atoms. The highest BCUT2D eigenvalue weighted by molar-refractivity contribution is 5.82. The molecule has 1 aliphatic carbocycles. The van der Waals surface area contributed by atoms with Crippen LogP contribution in [0, 0.1) is 5.92 Å². The first-order valence-electron chi connectivity index (χ1n) is 6.32. The molecule has 5 heteroatoms. The second-order valence-corrected chi connectivity index (χ2v) is 4.71. The van der Waals surface area contributed by atoms with Crippen molar-refractivity contribution in [2.75, 3.05) is 19.7 Å². The van der Waals surface area contributed by atoms with Gasteiger partial charge in [0.25, 0.3) is 5.91 Å². The number of nitrogens with zero attached hydrogens (tertiary/aromatic N) is 1. The van der Waals surface area contributed by atoms with E-state index < -0.39 is 5.97 Å². The summed E-state index contributed by atoms with van der Waals surface area (Å²) in [7, 11) is 0. The minimum atomic E-state index is -0.992. The number of carboxylic acid groups (broad SMARTS) is 1. The van der Waals surface area contributed by atoms with Gasteiger partial charge in [-0.05, 0) is 30.9 Å². The molecule has 0 spiro atoms. The van der Waals surface area contributed by atoms with Crippen molar-refractivity contribution < 1.29 is 19.4 Å². The predicted octanol–water partition coefficient (Wildman–Crippen LogP) is 1.39. The number of benzene rings is 1. The minimum Gasteiger partial charge on any atom is -0.484 e. The molecule has 1 aromatic carbocycles. The van der Waals surface area contributed by atoms with Gasteiger partial charge in [0.05, 0.1) is 0 Å². The van der Waals surface area contributed by atoms with Crippen LogP contribution in [0.3, 0.4) is 0 Å². The van der Waals surface area contributed by atoms with E-state index in [0.717, 1.165) is 12.8 Å². The van der Waals surface area contributed by atoms with Crippen molar-refractivity contribution in [3.8, 4) is 5.75 Å². The van der Waals surface area contributed by atoms with Crippen LogP contribution >= 0.6 is 0 Å². The van der Waals surface area contributed by atoms with Crippen molar-refractivity contribution in [1.82, 2.24) is 4.90 Å². The van der Waals surface area contributed by atoms with Gasteiger partial charge in [-0.3, -0.25) is 9.59 Å². The first-order valence-corrected chi connectivity index (χ1v) is 6.32. The summed E-state index contributed by atoms with van der Waals surface area (Å²) in [5.74, 6) is -0.204. The molecule has 0 aliphatic heterocycles. The minimum absolute atomic E-state index is 0.121. The zero-order chi connectivity index (χ0) is 13.7. The summed E-state index contributed by atoms with van der Waals surface area (Å²) >= 11 is 0. The number of hydrogen-bond acceptors (Lipinski definition) is 3. The third-order valence-corrected chi connectivity index (χ3v) is 2.96. The van der Waals surface area contributed by atoms with E-state index in [-0.39, 0.29) is 19.1 Å². The first-order chi connectivity index (χ1) is 9.15. The van der Waals surface area contributed by atoms with Crippen LogP contribution in [0.2, 0.25) is 0 Å². The molecule has 0 radical (unpaired) electrons. The SMILES string of the molecule is O=C(O)CN(CC1CC1)C(=O)COc1ccccc1. The molecule has 0 heterocycles. The van der Waals surface area contributed by atoms with Gasteiger partial charge in [0.1, 0.15) is 12.3 Å². The number of rotatable bonds is 7. The topological polar surface area (TPSA) is 66.8 Å². The van der Waals surface area contributed by atoms with E-state index in [0.29, 0.717) is 18.2 Å². The van der Waals surface area contributed by atoms with Crippen LogP contribution in [0.4, 0.5) is 0 Å². The summed E-state index contributed by atoms with van der Waals surface area (Å²) in [6.45, 7) is 0.140. The van der Waals surface area contributed by atoms with Crippen LogP contribution in [-0.2, 0) is 9.59 Å². The Morgan fingerprint density at radius 3 is 2.53 bits per heavy atom. The predicted molar refractivity (Wildman–Crippen MR) is 68.9 cm³/mol. The molecule has 1 aromatic rings. The van der Waals surface area contributed by atoms with Crippen LogP contribution in [0.25, 0.3) is 0 Å². The van der Waals surface area contributed by atoms with E-state index >= 15 is 0 Å². The number of para-hydroxylation sites is 1. The fraction of sp³-hybridized carbons (Fsp3) is 0.429. The second kappa shape index (κ2) is 6.22. The Bertz CT molecular complexity index is 442. The molecule has 0 saturated heterocycles. The van der Waals surface area contributed by atoms with E-state index in [1.54, 1.807) is 12.1 Å². The van der Waals surface area contributed by atoms with Crippen LogP contribution < -0.4 is 4.74 Å². The molecular weight excluding hydrogens is 246 g/mol. The van der Waals surface area contributed by atoms with Crippen molar-refractivity contribution in [2.45, 2.75) is 12.8 Å². The Morgan fingerprint density at radius 1 is 1.26 bits per heavy atom. The third-order valence-electron chi connectivity index (χ3n) is 2.96. The second-order valence-electron chi connectivity index (χ2n) is 4.71. The van der Waals surface area contributed by atoms with Gasteiger partial charge in [0, 0.05) is 6.54 Å². The fourth-order valence-corrected chi connectivity index (χ4v) is 1.78. The summed E-state index contributed by atoms with van der Waals surface area (Å²) in [6.07, 6.45) is 2.14. The molecule has 102 valence electrons. The lowest BCUT2D eigenvalue weighted by atomic mass is 10.3. The van der Waals surface area contributed by atoms with E-state index in [4.69, 9.17) is 9.84 Å². The monoisotopic (exact) mass is 263 g/mol. The maximum absolute atomic E-state index is 12.0. The van der Waals surface area contributed by atoms with Crippen molar-refractivity contribution >= 4 is 11.9 Å². The Morgan fingerprint density at radius 2 is 1.95 bits per heavy atom. The largest absolute Gasteiger partial charge is 0.484 e. The number of amides is 1. The molecule has 1 amide bonds. The Hall–Kier alpha value is -2.04. The summed E-state index contributed by atoms with van der Waals surface area (Å²) in [5, 5.41) is 8.82. The fourth-order valence-electron chi connectivity index (χ4n) is 1.78. The average Bonchev–Trinajstić information content (AvgIpc) is 3.20. The number of carboxylic acids is 1. The van der Waals surface area contributed by atoms with Gasteiger partial charge in [0.15, 0.2) is 6.61 Å². The average molecular weight is 263 g/mol. The Labute approximate surface area is 111 Å². The van der Waals surface area contributed by atoms with Gasteiger partial charge in [-0.1, -0.05) is 18.2 Å². The van der Waals surface area contributed by atoms with Crippen molar-refractivity contribution in [3.63, 3.8) is 0 Å². The normalized spacial score (nSPS) is 13.9. The van der Waals surface area contributed by atoms with Crippen LogP contribution in [0.5, 0.6) is 5.75 Å². The molecule has 0 atom stereocenters. The van der Waals surface area contributed by atoms with Crippen LogP contribution in [-0.4, -0.2) is 41.6 Å². The highest BCUT2D eigenvalue weighted by atomic mass is 16.5. The lowest BCUT2D eigenvalue weighted by Crippen LogP contribution is -2.40.